The summed E-state index contributed by atoms with van der Waals surface area (Å²) < 4.78 is 1.63. The lowest BCUT2D eigenvalue weighted by molar-refractivity contribution is 0.944. The Morgan fingerprint density at radius 3 is 2.70 bits per heavy atom. The zero-order valence-corrected chi connectivity index (χ0v) is 17.0. The van der Waals surface area contributed by atoms with Gasteiger partial charge in [-0.25, -0.2) is 19.5 Å². The van der Waals surface area contributed by atoms with Crippen LogP contribution in [0.4, 0.5) is 17.5 Å². The number of aromatic nitrogens is 5. The van der Waals surface area contributed by atoms with Gasteiger partial charge in [-0.05, 0) is 30.3 Å². The van der Waals surface area contributed by atoms with Crippen molar-refractivity contribution in [3.63, 3.8) is 0 Å². The molecule has 0 saturated carbocycles. The van der Waals surface area contributed by atoms with Crippen molar-refractivity contribution in [1.29, 1.82) is 5.26 Å². The Balaban J connectivity index is 1.50. The highest BCUT2D eigenvalue weighted by molar-refractivity contribution is 6.36. The van der Waals surface area contributed by atoms with Crippen LogP contribution >= 0.6 is 23.2 Å². The molecule has 1 aromatic carbocycles. The van der Waals surface area contributed by atoms with E-state index in [0.29, 0.717) is 51.7 Å². The molecule has 3 heterocycles. The van der Waals surface area contributed by atoms with Gasteiger partial charge in [0.15, 0.2) is 11.5 Å². The van der Waals surface area contributed by atoms with Crippen LogP contribution in [0.3, 0.4) is 0 Å². The van der Waals surface area contributed by atoms with Gasteiger partial charge < -0.3 is 16.4 Å². The van der Waals surface area contributed by atoms with Crippen molar-refractivity contribution >= 4 is 46.3 Å². The van der Waals surface area contributed by atoms with Gasteiger partial charge >= 0.3 is 0 Å². The first-order valence-corrected chi connectivity index (χ1v) is 9.61. The van der Waals surface area contributed by atoms with Crippen molar-refractivity contribution in [2.24, 2.45) is 0 Å². The number of hydrogen-bond donors (Lipinski definition) is 3. The number of rotatable bonds is 6. The van der Waals surface area contributed by atoms with Gasteiger partial charge in [-0.3, -0.25) is 0 Å². The Kier molecular flexibility index (Phi) is 5.52. The van der Waals surface area contributed by atoms with Gasteiger partial charge in [-0.2, -0.15) is 10.4 Å². The first kappa shape index (κ1) is 19.7. The topological polar surface area (TPSA) is 130 Å². The molecule has 30 heavy (non-hydrogen) atoms. The van der Waals surface area contributed by atoms with Gasteiger partial charge in [0.1, 0.15) is 24.0 Å². The Labute approximate surface area is 181 Å². The number of pyridine rings is 1. The first-order chi connectivity index (χ1) is 14.5. The van der Waals surface area contributed by atoms with Gasteiger partial charge in [-0.15, -0.1) is 0 Å². The summed E-state index contributed by atoms with van der Waals surface area (Å²) >= 11 is 12.3. The molecule has 0 spiro atoms. The lowest BCUT2D eigenvalue weighted by Crippen LogP contribution is -2.16. The average molecular weight is 440 g/mol. The van der Waals surface area contributed by atoms with Crippen LogP contribution in [-0.2, 0) is 0 Å². The summed E-state index contributed by atoms with van der Waals surface area (Å²) in [6.07, 6.45) is 3.21. The smallest absolute Gasteiger partial charge is 0.198 e. The van der Waals surface area contributed by atoms with Gasteiger partial charge in [0, 0.05) is 23.7 Å². The van der Waals surface area contributed by atoms with Gasteiger partial charge in [0.2, 0.25) is 0 Å². The van der Waals surface area contributed by atoms with Crippen LogP contribution in [0.15, 0.2) is 42.9 Å². The number of anilines is 3. The fourth-order valence-corrected chi connectivity index (χ4v) is 3.32. The van der Waals surface area contributed by atoms with Crippen LogP contribution in [-0.4, -0.2) is 37.7 Å². The van der Waals surface area contributed by atoms with Gasteiger partial charge in [-0.1, -0.05) is 23.2 Å². The second-order valence-electron chi connectivity index (χ2n) is 6.22. The highest BCUT2D eigenvalue weighted by Gasteiger charge is 2.12. The molecule has 4 aromatic rings. The highest BCUT2D eigenvalue weighted by Crippen LogP contribution is 2.30. The minimum absolute atomic E-state index is 0.190. The average Bonchev–Trinajstić information content (AvgIpc) is 3.20. The quantitative estimate of drug-likeness (QED) is 0.389. The fourth-order valence-electron chi connectivity index (χ4n) is 2.81. The number of fused-ring (bicyclic) bond motifs is 1. The van der Waals surface area contributed by atoms with E-state index >= 15 is 0 Å². The van der Waals surface area contributed by atoms with E-state index in [1.807, 2.05) is 12.1 Å². The van der Waals surface area contributed by atoms with E-state index in [9.17, 15) is 0 Å². The molecule has 0 atom stereocenters. The maximum absolute atomic E-state index is 8.92. The number of nitriles is 1. The van der Waals surface area contributed by atoms with E-state index in [1.54, 1.807) is 35.0 Å². The van der Waals surface area contributed by atoms with Gasteiger partial charge in [0.25, 0.3) is 0 Å². The zero-order valence-electron chi connectivity index (χ0n) is 15.5. The summed E-state index contributed by atoms with van der Waals surface area (Å²) in [5, 5.41) is 20.5. The molecule has 0 bridgehead atoms. The van der Waals surface area contributed by atoms with Crippen molar-refractivity contribution in [3.05, 3.63) is 58.5 Å². The minimum atomic E-state index is 0.190. The molecule has 0 aliphatic carbocycles. The van der Waals surface area contributed by atoms with Crippen LogP contribution < -0.4 is 16.4 Å². The largest absolute Gasteiger partial charge is 0.383 e. The monoisotopic (exact) mass is 439 g/mol. The van der Waals surface area contributed by atoms with Crippen molar-refractivity contribution in [2.45, 2.75) is 0 Å². The molecule has 11 heteroatoms. The maximum atomic E-state index is 8.92. The van der Waals surface area contributed by atoms with Crippen LogP contribution in [0, 0.1) is 11.3 Å². The summed E-state index contributed by atoms with van der Waals surface area (Å²) in [6.45, 7) is 1.06. The molecule has 0 radical (unpaired) electrons. The minimum Gasteiger partial charge on any atom is -0.383 e. The van der Waals surface area contributed by atoms with Crippen LogP contribution in [0.25, 0.3) is 16.9 Å². The first-order valence-electron chi connectivity index (χ1n) is 8.85. The highest BCUT2D eigenvalue weighted by atomic mass is 35.5. The van der Waals surface area contributed by atoms with E-state index in [2.05, 4.69) is 30.7 Å². The van der Waals surface area contributed by atoms with Gasteiger partial charge in [0.05, 0.1) is 22.5 Å². The molecule has 0 amide bonds. The third-order valence-corrected chi connectivity index (χ3v) is 4.79. The number of hydrogen-bond acceptors (Lipinski definition) is 8. The summed E-state index contributed by atoms with van der Waals surface area (Å²) in [4.78, 5) is 13.1. The second-order valence-corrected chi connectivity index (χ2v) is 7.07. The molecular weight excluding hydrogens is 425 g/mol. The summed E-state index contributed by atoms with van der Waals surface area (Å²) in [6, 6.07) is 10.5. The number of nitrogens with one attached hydrogen (secondary N) is 2. The van der Waals surface area contributed by atoms with Crippen molar-refractivity contribution in [2.75, 3.05) is 29.5 Å². The molecular formula is C19H15Cl2N9. The predicted octanol–water partition coefficient (Wildman–Crippen LogP) is 3.47. The summed E-state index contributed by atoms with van der Waals surface area (Å²) in [5.74, 6) is 1.33. The third-order valence-electron chi connectivity index (χ3n) is 4.24. The molecule has 0 unspecified atom stereocenters. The molecule has 4 N–H and O–H groups in total. The molecule has 9 nitrogen and oxygen atoms in total. The van der Waals surface area contributed by atoms with Crippen molar-refractivity contribution < 1.29 is 0 Å². The van der Waals surface area contributed by atoms with E-state index in [-0.39, 0.29) is 5.82 Å². The Bertz CT molecular complexity index is 1260. The summed E-state index contributed by atoms with van der Waals surface area (Å²) in [5.41, 5.74) is 8.03. The van der Waals surface area contributed by atoms with E-state index < -0.39 is 0 Å². The molecule has 4 rings (SSSR count). The summed E-state index contributed by atoms with van der Waals surface area (Å²) in [7, 11) is 0. The number of benzene rings is 1. The van der Waals surface area contributed by atoms with Crippen LogP contribution in [0.1, 0.15) is 5.56 Å². The van der Waals surface area contributed by atoms with Crippen molar-refractivity contribution in [1.82, 2.24) is 24.6 Å². The molecule has 0 saturated heterocycles. The number of nitrogen functional groups attached to an aromatic ring is 1. The molecule has 0 fully saturated rings. The number of nitrogens with two attached hydrogens (primary N) is 1. The number of nitrogens with zero attached hydrogens (tertiary/aromatic N) is 6. The van der Waals surface area contributed by atoms with Crippen molar-refractivity contribution in [3.8, 4) is 17.3 Å². The normalized spacial score (nSPS) is 10.7. The Morgan fingerprint density at radius 2 is 1.93 bits per heavy atom. The number of halogens is 2. The lowest BCUT2D eigenvalue weighted by Gasteiger charge is -2.11. The van der Waals surface area contributed by atoms with Crippen LogP contribution in [0.2, 0.25) is 10.0 Å². The lowest BCUT2D eigenvalue weighted by atomic mass is 10.1. The molecule has 150 valence electrons. The van der Waals surface area contributed by atoms with E-state index in [4.69, 9.17) is 34.2 Å². The third kappa shape index (κ3) is 4.05. The standard InChI is InChI=1S/C19H15Cl2N9/c20-12-2-3-13(14(21)7-12)15-9-30-19(26-10-27-30)18(28-15)25-6-5-24-16-4-1-11(8-22)17(23)29-16/h1-4,7,9-10H,5-6H2,(H,25,28)(H3,23,24,29). The van der Waals surface area contributed by atoms with Crippen LogP contribution in [0.5, 0.6) is 0 Å². The Hall–Kier alpha value is -3.61. The fraction of sp³-hybridized carbons (Fsp3) is 0.105. The van der Waals surface area contributed by atoms with E-state index in [1.165, 1.54) is 6.33 Å². The predicted molar refractivity (Wildman–Crippen MR) is 117 cm³/mol. The molecule has 0 aliphatic heterocycles. The molecule has 0 aliphatic rings. The maximum Gasteiger partial charge on any atom is 0.198 e. The van der Waals surface area contributed by atoms with E-state index in [0.717, 1.165) is 5.56 Å². The molecule has 3 aromatic heterocycles. The zero-order chi connectivity index (χ0) is 21.1. The Morgan fingerprint density at radius 1 is 1.10 bits per heavy atom. The second kappa shape index (κ2) is 8.41. The SMILES string of the molecule is N#Cc1ccc(NCCNc2nc(-c3ccc(Cl)cc3Cl)cn3ncnc23)nc1N.